The van der Waals surface area contributed by atoms with E-state index in [-0.39, 0.29) is 0 Å². The molecule has 0 heterocycles. The van der Waals surface area contributed by atoms with Crippen molar-refractivity contribution < 1.29 is 0 Å². The SMILES string of the molecule is C1CCC(Sc2c(SC3CCCCC3)c(SC3CCCCC3)c3c(SC4CCCCC4)c(SC4CCCCC4)c(SC4CCCCC4)c(SC4CCCCC4)c3c2SC2CCCCC2)CC1. The third-order valence-electron chi connectivity index (χ3n) is 17.1. The number of hydrogen-bond donors (Lipinski definition) is 0. The van der Waals surface area contributed by atoms with Crippen molar-refractivity contribution in [2.24, 2.45) is 0 Å². The summed E-state index contributed by atoms with van der Waals surface area (Å²) in [6.07, 6.45) is 57.6. The summed E-state index contributed by atoms with van der Waals surface area (Å²) in [5, 5.41) is 9.88. The molecule has 66 heavy (non-hydrogen) atoms. The summed E-state index contributed by atoms with van der Waals surface area (Å²) in [6.45, 7) is 0. The van der Waals surface area contributed by atoms with Crippen molar-refractivity contribution in [3.8, 4) is 0 Å². The fourth-order valence-corrected chi connectivity index (χ4v) is 26.3. The van der Waals surface area contributed by atoms with Gasteiger partial charge in [0, 0.05) is 91.9 Å². The number of fused-ring (bicyclic) bond motifs is 1. The van der Waals surface area contributed by atoms with Gasteiger partial charge in [0.15, 0.2) is 0 Å². The predicted octanol–water partition coefficient (Wildman–Crippen LogP) is 22.2. The van der Waals surface area contributed by atoms with Gasteiger partial charge >= 0.3 is 0 Å². The standard InChI is InChI=1S/C58H88S8/c1-9-25-41(26-10-1)59-51-49-50(53(61-43-29-13-3-14-30-43)56(64-46-35-19-6-20-36-46)55(51)63-45-33-17-5-18-34-45)54(62-44-31-15-4-16-32-44)58(66-48-39-23-8-24-40-48)57(65-47-37-21-7-22-38-47)52(49)60-42-27-11-2-12-28-42/h41-48H,1-40H2. The van der Waals surface area contributed by atoms with Gasteiger partial charge in [0.2, 0.25) is 0 Å². The molecule has 2 aromatic rings. The Hall–Kier alpha value is 1.50. The van der Waals surface area contributed by atoms with Gasteiger partial charge in [-0.15, -0.1) is 94.1 Å². The summed E-state index contributed by atoms with van der Waals surface area (Å²) in [5.74, 6) is 0. The molecule has 0 amide bonds. The molecule has 10 rings (SSSR count). The van der Waals surface area contributed by atoms with Crippen LogP contribution in [0.4, 0.5) is 0 Å². The van der Waals surface area contributed by atoms with Crippen molar-refractivity contribution in [2.75, 3.05) is 0 Å². The van der Waals surface area contributed by atoms with Gasteiger partial charge in [-0.2, -0.15) is 0 Å². The van der Waals surface area contributed by atoms with E-state index in [4.69, 9.17) is 0 Å². The molecule has 8 aliphatic carbocycles. The molecule has 8 fully saturated rings. The van der Waals surface area contributed by atoms with Crippen molar-refractivity contribution in [3.63, 3.8) is 0 Å². The molecular weight excluding hydrogens is 953 g/mol. The maximum atomic E-state index is 2.49. The molecule has 8 aliphatic rings. The largest absolute Gasteiger partial charge is 0.121 e. The lowest BCUT2D eigenvalue weighted by molar-refractivity contribution is 0.512. The van der Waals surface area contributed by atoms with Crippen molar-refractivity contribution in [1.82, 2.24) is 0 Å². The van der Waals surface area contributed by atoms with Gasteiger partial charge in [-0.05, 0) is 103 Å². The quantitative estimate of drug-likeness (QED) is 0.161. The van der Waals surface area contributed by atoms with Crippen molar-refractivity contribution in [1.29, 1.82) is 0 Å². The van der Waals surface area contributed by atoms with Crippen LogP contribution in [0.1, 0.15) is 257 Å². The van der Waals surface area contributed by atoms with Crippen LogP contribution in [0, 0.1) is 0 Å². The van der Waals surface area contributed by atoms with E-state index in [2.05, 4.69) is 94.1 Å². The lowest BCUT2D eigenvalue weighted by Gasteiger charge is -2.36. The molecule has 0 atom stereocenters. The molecule has 0 saturated heterocycles. The molecule has 0 radical (unpaired) electrons. The number of benzene rings is 2. The Bertz CT molecular complexity index is 1540. The fourth-order valence-electron chi connectivity index (χ4n) is 13.2. The summed E-state index contributed by atoms with van der Waals surface area (Å²) in [6, 6.07) is 0. The van der Waals surface area contributed by atoms with E-state index in [1.807, 2.05) is 49.9 Å². The van der Waals surface area contributed by atoms with E-state index in [9.17, 15) is 0 Å². The Labute approximate surface area is 439 Å². The van der Waals surface area contributed by atoms with Gasteiger partial charge in [-0.25, -0.2) is 0 Å². The molecular formula is C58H88S8. The lowest BCUT2D eigenvalue weighted by Crippen LogP contribution is -2.16. The molecule has 2 aromatic carbocycles. The summed E-state index contributed by atoms with van der Waals surface area (Å²) in [4.78, 5) is 14.7. The second-order valence-electron chi connectivity index (χ2n) is 22.4. The van der Waals surface area contributed by atoms with Crippen LogP contribution >= 0.6 is 94.1 Å². The second kappa shape index (κ2) is 26.6. The Balaban J connectivity index is 1.30. The summed E-state index contributed by atoms with van der Waals surface area (Å²) in [5.41, 5.74) is 0. The Kier molecular flexibility index (Phi) is 20.6. The first-order valence-corrected chi connectivity index (χ1v) is 35.8. The highest BCUT2D eigenvalue weighted by molar-refractivity contribution is 8.07. The normalized spacial score (nSPS) is 25.3. The van der Waals surface area contributed by atoms with E-state index in [1.54, 1.807) is 0 Å². The first-order valence-electron chi connectivity index (χ1n) is 28.8. The fraction of sp³-hybridized carbons (Fsp3) is 0.828. The van der Waals surface area contributed by atoms with E-state index in [0.717, 1.165) is 42.0 Å². The Morgan fingerprint density at radius 2 is 0.273 bits per heavy atom. The number of thioether (sulfide) groups is 8. The van der Waals surface area contributed by atoms with Crippen LogP contribution in [0.15, 0.2) is 39.2 Å². The number of rotatable bonds is 16. The van der Waals surface area contributed by atoms with Crippen LogP contribution < -0.4 is 0 Å². The topological polar surface area (TPSA) is 0 Å². The lowest BCUT2D eigenvalue weighted by atomic mass is 10.0. The maximum Gasteiger partial charge on any atom is 0.0365 e. The molecule has 368 valence electrons. The molecule has 0 nitrogen and oxygen atoms in total. The van der Waals surface area contributed by atoms with Crippen LogP contribution in [-0.4, -0.2) is 42.0 Å². The highest BCUT2D eigenvalue weighted by Crippen LogP contribution is 2.63. The van der Waals surface area contributed by atoms with Crippen molar-refractivity contribution in [2.45, 2.75) is 338 Å². The minimum atomic E-state index is 0.768. The minimum Gasteiger partial charge on any atom is -0.121 e. The van der Waals surface area contributed by atoms with E-state index < -0.39 is 0 Å². The second-order valence-corrected chi connectivity index (χ2v) is 32.9. The zero-order valence-corrected chi connectivity index (χ0v) is 47.7. The van der Waals surface area contributed by atoms with Crippen molar-refractivity contribution >= 4 is 105 Å². The molecule has 0 bridgehead atoms. The smallest absolute Gasteiger partial charge is 0.0365 e. The van der Waals surface area contributed by atoms with Crippen LogP contribution in [-0.2, 0) is 0 Å². The third kappa shape index (κ3) is 13.6. The highest BCUT2D eigenvalue weighted by atomic mass is 32.2. The molecule has 8 heteroatoms. The van der Waals surface area contributed by atoms with Crippen LogP contribution in [0.3, 0.4) is 0 Å². The molecule has 0 aliphatic heterocycles. The van der Waals surface area contributed by atoms with Gasteiger partial charge in [-0.1, -0.05) is 154 Å². The van der Waals surface area contributed by atoms with Gasteiger partial charge in [-0.3, -0.25) is 0 Å². The van der Waals surface area contributed by atoms with Crippen LogP contribution in [0.5, 0.6) is 0 Å². The average Bonchev–Trinajstić information content (AvgIpc) is 3.38. The number of hydrogen-bond acceptors (Lipinski definition) is 8. The zero-order chi connectivity index (χ0) is 44.3. The zero-order valence-electron chi connectivity index (χ0n) is 41.2. The molecule has 0 aromatic heterocycles. The molecule has 0 unspecified atom stereocenters. The highest BCUT2D eigenvalue weighted by Gasteiger charge is 2.38. The molecule has 8 saturated carbocycles. The van der Waals surface area contributed by atoms with E-state index in [0.29, 0.717) is 0 Å². The maximum absolute atomic E-state index is 2.49. The van der Waals surface area contributed by atoms with Crippen LogP contribution in [0.2, 0.25) is 0 Å². The third-order valence-corrected chi connectivity index (χ3v) is 29.5. The Morgan fingerprint density at radius 3 is 0.409 bits per heavy atom. The first-order chi connectivity index (χ1) is 32.7. The van der Waals surface area contributed by atoms with Crippen LogP contribution in [0.25, 0.3) is 10.8 Å². The van der Waals surface area contributed by atoms with Crippen molar-refractivity contribution in [3.05, 3.63) is 0 Å². The summed E-state index contributed by atoms with van der Waals surface area (Å²) >= 11 is 19.8. The van der Waals surface area contributed by atoms with E-state index in [1.165, 1.54) is 257 Å². The predicted molar refractivity (Wildman–Crippen MR) is 306 cm³/mol. The van der Waals surface area contributed by atoms with Gasteiger partial charge in [0.25, 0.3) is 0 Å². The van der Waals surface area contributed by atoms with E-state index >= 15 is 0 Å². The molecule has 0 spiro atoms. The summed E-state index contributed by atoms with van der Waals surface area (Å²) < 4.78 is 0. The minimum absolute atomic E-state index is 0.768. The Morgan fingerprint density at radius 1 is 0.152 bits per heavy atom. The average molecular weight is 1040 g/mol. The molecule has 0 N–H and O–H groups in total. The monoisotopic (exact) mass is 1040 g/mol. The van der Waals surface area contributed by atoms with Gasteiger partial charge in [0.05, 0.1) is 0 Å². The first kappa shape index (κ1) is 51.0. The van der Waals surface area contributed by atoms with Gasteiger partial charge < -0.3 is 0 Å². The summed E-state index contributed by atoms with van der Waals surface area (Å²) in [7, 11) is 0. The van der Waals surface area contributed by atoms with Gasteiger partial charge in [0.1, 0.15) is 0 Å².